The number of aryl methyl sites for hydroxylation is 2. The number of rotatable bonds is 10. The van der Waals surface area contributed by atoms with E-state index in [0.29, 0.717) is 18.9 Å². The van der Waals surface area contributed by atoms with Gasteiger partial charge in [-0.2, -0.15) is 0 Å². The molecule has 0 spiro atoms. The van der Waals surface area contributed by atoms with Gasteiger partial charge in [0.15, 0.2) is 0 Å². The molecule has 0 amide bonds. The molecule has 2 aliphatic rings. The molecule has 1 saturated carbocycles. The lowest BCUT2D eigenvalue weighted by Gasteiger charge is -2.34. The van der Waals surface area contributed by atoms with Gasteiger partial charge in [-0.1, -0.05) is 120 Å². The van der Waals surface area contributed by atoms with Gasteiger partial charge in [0.2, 0.25) is 0 Å². The maximum Gasteiger partial charge on any atom is 0.121 e. The van der Waals surface area contributed by atoms with E-state index in [2.05, 4.69) is 90.2 Å². The van der Waals surface area contributed by atoms with Gasteiger partial charge in [0.25, 0.3) is 0 Å². The molecule has 0 heterocycles. The van der Waals surface area contributed by atoms with Crippen molar-refractivity contribution in [3.8, 4) is 0 Å². The van der Waals surface area contributed by atoms with E-state index in [4.69, 9.17) is 17.3 Å². The quantitative estimate of drug-likeness (QED) is 0.198. The second kappa shape index (κ2) is 25.8. The average Bonchev–Trinajstić information content (AvgIpc) is 3.03. The van der Waals surface area contributed by atoms with Crippen LogP contribution in [-0.2, 0) is 4.79 Å². The number of carbonyl (C=O) groups is 1. The number of hydrogen-bond acceptors (Lipinski definition) is 3. The molecule has 254 valence electrons. The van der Waals surface area contributed by atoms with Crippen LogP contribution in [-0.4, -0.2) is 12.8 Å². The van der Waals surface area contributed by atoms with E-state index in [0.717, 1.165) is 36.5 Å². The Kier molecular flexibility index (Phi) is 24.4. The molecule has 3 nitrogen and oxygen atoms in total. The summed E-state index contributed by atoms with van der Waals surface area (Å²) in [6.07, 6.45) is 23.1. The van der Waals surface area contributed by atoms with Crippen LogP contribution in [0.25, 0.3) is 0 Å². The number of nitrogens with one attached hydrogen (secondary N) is 1. The van der Waals surface area contributed by atoms with Crippen molar-refractivity contribution < 1.29 is 4.79 Å². The number of hydrogen-bond donors (Lipinski definition) is 2. The molecule has 0 aromatic heterocycles. The summed E-state index contributed by atoms with van der Waals surface area (Å²) in [7, 11) is 0. The fourth-order valence-electron chi connectivity index (χ4n) is 5.91. The second-order valence-corrected chi connectivity index (χ2v) is 12.8. The highest BCUT2D eigenvalue weighted by molar-refractivity contribution is 6.29. The van der Waals surface area contributed by atoms with Crippen molar-refractivity contribution in [1.82, 2.24) is 0 Å². The van der Waals surface area contributed by atoms with Crippen molar-refractivity contribution in [2.45, 2.75) is 140 Å². The number of carbonyl (C=O) groups excluding carboxylic acids is 1. The topological polar surface area (TPSA) is 55.1 Å². The maximum absolute atomic E-state index is 9.32. The predicted molar refractivity (Wildman–Crippen MR) is 203 cm³/mol. The van der Waals surface area contributed by atoms with E-state index in [1.165, 1.54) is 78.6 Å². The zero-order valence-electron chi connectivity index (χ0n) is 30.6. The lowest BCUT2D eigenvalue weighted by Crippen LogP contribution is -2.21. The highest BCUT2D eigenvalue weighted by atomic mass is 35.5. The molecule has 1 unspecified atom stereocenters. The Labute approximate surface area is 283 Å². The van der Waals surface area contributed by atoms with E-state index in [1.807, 2.05) is 26.8 Å². The van der Waals surface area contributed by atoms with E-state index in [9.17, 15) is 4.79 Å². The van der Waals surface area contributed by atoms with Crippen LogP contribution < -0.4 is 11.1 Å². The predicted octanol–water partition coefficient (Wildman–Crippen LogP) is 12.7. The second-order valence-electron chi connectivity index (χ2n) is 12.2. The SMILES string of the molecule is CC.CC/C=C(C1=C(Nc2ccc(C)cc2C)/C(=C/C(C)=C/C=C(\C)Cl)CCC1)\C(C)C1CCCCC1.CCC.NCCC=O. The van der Waals surface area contributed by atoms with E-state index >= 15 is 0 Å². The molecule has 0 saturated heterocycles. The summed E-state index contributed by atoms with van der Waals surface area (Å²) in [5, 5.41) is 4.76. The molecule has 4 heteroatoms. The van der Waals surface area contributed by atoms with Crippen molar-refractivity contribution in [1.29, 1.82) is 0 Å². The van der Waals surface area contributed by atoms with Crippen molar-refractivity contribution in [2.75, 3.05) is 11.9 Å². The molecule has 1 aromatic carbocycles. The Morgan fingerprint density at radius 1 is 1.02 bits per heavy atom. The van der Waals surface area contributed by atoms with E-state index < -0.39 is 0 Å². The number of allylic oxidation sites excluding steroid dienone is 9. The molecule has 2 aliphatic carbocycles. The summed E-state index contributed by atoms with van der Waals surface area (Å²) in [6, 6.07) is 6.74. The van der Waals surface area contributed by atoms with Gasteiger partial charge in [-0.3, -0.25) is 0 Å². The number of halogens is 1. The molecular weight excluding hydrogens is 572 g/mol. The van der Waals surface area contributed by atoms with Crippen LogP contribution in [0.1, 0.15) is 137 Å². The molecule has 1 atom stereocenters. The van der Waals surface area contributed by atoms with Crippen LogP contribution in [0, 0.1) is 25.7 Å². The van der Waals surface area contributed by atoms with Gasteiger partial charge in [-0.15, -0.1) is 0 Å². The molecule has 0 radical (unpaired) electrons. The lowest BCUT2D eigenvalue weighted by atomic mass is 9.73. The van der Waals surface area contributed by atoms with Crippen LogP contribution in [0.2, 0.25) is 0 Å². The molecular formula is C41H67ClN2O. The molecule has 45 heavy (non-hydrogen) atoms. The largest absolute Gasteiger partial charge is 0.355 e. The minimum atomic E-state index is 0.476. The average molecular weight is 639 g/mol. The first kappa shape index (κ1) is 42.6. The number of aldehydes is 1. The third-order valence-corrected chi connectivity index (χ3v) is 8.15. The van der Waals surface area contributed by atoms with Crippen LogP contribution in [0.4, 0.5) is 5.69 Å². The van der Waals surface area contributed by atoms with Gasteiger partial charge < -0.3 is 15.8 Å². The first-order chi connectivity index (χ1) is 21.6. The van der Waals surface area contributed by atoms with Gasteiger partial charge in [-0.05, 0) is 119 Å². The number of anilines is 1. The number of nitrogens with two attached hydrogens (primary N) is 1. The molecule has 1 aromatic rings. The van der Waals surface area contributed by atoms with Crippen LogP contribution >= 0.6 is 11.6 Å². The normalized spacial score (nSPS) is 17.7. The minimum absolute atomic E-state index is 0.476. The fourth-order valence-corrected chi connectivity index (χ4v) is 5.97. The van der Waals surface area contributed by atoms with Crippen molar-refractivity contribution in [3.63, 3.8) is 0 Å². The van der Waals surface area contributed by atoms with Gasteiger partial charge >= 0.3 is 0 Å². The summed E-state index contributed by atoms with van der Waals surface area (Å²) >= 11 is 6.11. The lowest BCUT2D eigenvalue weighted by molar-refractivity contribution is -0.107. The first-order valence-electron chi connectivity index (χ1n) is 17.8. The van der Waals surface area contributed by atoms with Crippen molar-refractivity contribution in [3.05, 3.63) is 86.7 Å². The molecule has 1 fully saturated rings. The molecule has 3 rings (SSSR count). The van der Waals surface area contributed by atoms with E-state index in [-0.39, 0.29) is 0 Å². The van der Waals surface area contributed by atoms with Gasteiger partial charge in [-0.25, -0.2) is 0 Å². The maximum atomic E-state index is 9.32. The smallest absolute Gasteiger partial charge is 0.121 e. The monoisotopic (exact) mass is 638 g/mol. The highest BCUT2D eigenvalue weighted by Gasteiger charge is 2.28. The van der Waals surface area contributed by atoms with Gasteiger partial charge in [0, 0.05) is 22.8 Å². The molecule has 3 N–H and O–H groups in total. The Morgan fingerprint density at radius 2 is 1.67 bits per heavy atom. The van der Waals surface area contributed by atoms with Crippen LogP contribution in [0.3, 0.4) is 0 Å². The Morgan fingerprint density at radius 3 is 2.18 bits per heavy atom. The zero-order valence-corrected chi connectivity index (χ0v) is 31.4. The van der Waals surface area contributed by atoms with Gasteiger partial charge in [0.1, 0.15) is 6.29 Å². The highest BCUT2D eigenvalue weighted by Crippen LogP contribution is 2.42. The third kappa shape index (κ3) is 16.7. The summed E-state index contributed by atoms with van der Waals surface area (Å²) in [5.74, 6) is 1.42. The Hall–Kier alpha value is -2.36. The molecule has 0 aliphatic heterocycles. The summed E-state index contributed by atoms with van der Waals surface area (Å²) < 4.78 is 0. The fraction of sp³-hybridized carbons (Fsp3) is 0.585. The Balaban J connectivity index is 0.00000170. The van der Waals surface area contributed by atoms with Crippen LogP contribution in [0.5, 0.6) is 0 Å². The standard InChI is InChI=1S/C33H46ClN.C3H7NO.C3H8.C2H6/c1-7-12-30(27(6)28-13-9-8-10-14-28)31-16-11-15-29(22-24(3)17-19-26(5)34)33(31)35-32-20-18-23(2)21-25(32)4;4-2-1-3-5;1-3-2;1-2/h12,17-22,27-28,35H,7-11,13-16H2,1-6H3;3H,1-2,4H2;3H2,1-2H3;1-2H3/b24-17+,26-19+,29-22+,30-12+;;;. The third-order valence-electron chi connectivity index (χ3n) is 8.02. The first-order valence-corrected chi connectivity index (χ1v) is 18.1. The van der Waals surface area contributed by atoms with Crippen molar-refractivity contribution >= 4 is 23.6 Å². The summed E-state index contributed by atoms with van der Waals surface area (Å²) in [5.41, 5.74) is 15.9. The zero-order chi connectivity index (χ0) is 34.2. The van der Waals surface area contributed by atoms with Crippen LogP contribution in [0.15, 0.2) is 75.5 Å². The van der Waals surface area contributed by atoms with Crippen molar-refractivity contribution in [2.24, 2.45) is 17.6 Å². The minimum Gasteiger partial charge on any atom is -0.355 e. The van der Waals surface area contributed by atoms with Gasteiger partial charge in [0.05, 0.1) is 0 Å². The number of benzene rings is 1. The summed E-state index contributed by atoms with van der Waals surface area (Å²) in [6.45, 7) is 22.0. The summed E-state index contributed by atoms with van der Waals surface area (Å²) in [4.78, 5) is 9.32. The molecule has 0 bridgehead atoms. The Bertz CT molecular complexity index is 1130. The van der Waals surface area contributed by atoms with E-state index in [1.54, 1.807) is 11.1 Å².